The molecule has 0 fully saturated rings. The van der Waals surface area contributed by atoms with Crippen LogP contribution in [0.5, 0.6) is 11.5 Å². The molecule has 3 aromatic carbocycles. The van der Waals surface area contributed by atoms with Crippen molar-refractivity contribution in [3.8, 4) is 34.5 Å². The van der Waals surface area contributed by atoms with Gasteiger partial charge in [-0.2, -0.15) is 10.1 Å². The van der Waals surface area contributed by atoms with Gasteiger partial charge < -0.3 is 13.7 Å². The molecule has 40 heavy (non-hydrogen) atoms. The third-order valence-corrected chi connectivity index (χ3v) is 11.4. The Hall–Kier alpha value is -4.12. The lowest BCUT2D eigenvalue weighted by Gasteiger charge is -2.36. The van der Waals surface area contributed by atoms with Crippen molar-refractivity contribution in [2.24, 2.45) is 0 Å². The topological polar surface area (TPSA) is 75.2 Å². The number of fused-ring (bicyclic) bond motifs is 1. The summed E-state index contributed by atoms with van der Waals surface area (Å²) in [6, 6.07) is 21.1. The van der Waals surface area contributed by atoms with Crippen molar-refractivity contribution in [1.29, 1.82) is 0 Å². The van der Waals surface area contributed by atoms with Crippen molar-refractivity contribution in [3.63, 3.8) is 0 Å². The Morgan fingerprint density at radius 2 is 1.52 bits per heavy atom. The van der Waals surface area contributed by atoms with Crippen LogP contribution in [-0.2, 0) is 6.54 Å². The van der Waals surface area contributed by atoms with E-state index in [1.165, 1.54) is 24.3 Å². The molecule has 11 heteroatoms. The van der Waals surface area contributed by atoms with E-state index in [1.807, 2.05) is 53.2 Å². The molecule has 0 spiro atoms. The molecular formula is C29H29F3N4O3Si. The molecule has 0 atom stereocenters. The predicted octanol–water partition coefficient (Wildman–Crippen LogP) is 8.08. The van der Waals surface area contributed by atoms with Crippen LogP contribution >= 0.6 is 0 Å². The molecule has 0 aliphatic carbocycles. The van der Waals surface area contributed by atoms with Gasteiger partial charge in [-0.15, -0.1) is 13.2 Å². The van der Waals surface area contributed by atoms with Crippen molar-refractivity contribution >= 4 is 19.2 Å². The summed E-state index contributed by atoms with van der Waals surface area (Å²) in [6.07, 6.45) is -4.76. The summed E-state index contributed by atoms with van der Waals surface area (Å²) in [5.74, 6) is 0.963. The minimum atomic E-state index is -4.76. The second kappa shape index (κ2) is 10.1. The van der Waals surface area contributed by atoms with Gasteiger partial charge in [0.2, 0.25) is 14.1 Å². The maximum atomic E-state index is 12.5. The number of ether oxygens (including phenoxy) is 1. The van der Waals surface area contributed by atoms with Crippen LogP contribution in [0, 0.1) is 0 Å². The molecule has 5 aromatic rings. The van der Waals surface area contributed by atoms with Gasteiger partial charge in [0, 0.05) is 10.9 Å². The zero-order valence-corrected chi connectivity index (χ0v) is 23.8. The molecule has 0 saturated heterocycles. The van der Waals surface area contributed by atoms with E-state index in [0.717, 1.165) is 22.2 Å². The predicted molar refractivity (Wildman–Crippen MR) is 149 cm³/mol. The Morgan fingerprint density at radius 3 is 2.17 bits per heavy atom. The second-order valence-electron chi connectivity index (χ2n) is 11.0. The van der Waals surface area contributed by atoms with Crippen LogP contribution in [0.2, 0.25) is 18.1 Å². The fraction of sp³-hybridized carbons (Fsp3) is 0.276. The Morgan fingerprint density at radius 1 is 0.875 bits per heavy atom. The Bertz CT molecular complexity index is 1620. The molecule has 0 aliphatic rings. The Balaban J connectivity index is 1.38. The van der Waals surface area contributed by atoms with Crippen molar-refractivity contribution in [1.82, 2.24) is 19.9 Å². The van der Waals surface area contributed by atoms with Gasteiger partial charge in [0.15, 0.2) is 5.69 Å². The highest BCUT2D eigenvalue weighted by Crippen LogP contribution is 2.37. The van der Waals surface area contributed by atoms with Crippen LogP contribution in [-0.4, -0.2) is 34.6 Å². The fourth-order valence-corrected chi connectivity index (χ4v) is 4.96. The highest BCUT2D eigenvalue weighted by Gasteiger charge is 2.39. The van der Waals surface area contributed by atoms with Crippen LogP contribution in [0.25, 0.3) is 33.9 Å². The van der Waals surface area contributed by atoms with E-state index in [1.54, 1.807) is 0 Å². The first-order chi connectivity index (χ1) is 18.8. The third-order valence-electron chi connectivity index (χ3n) is 7.07. The minimum Gasteiger partial charge on any atom is -0.544 e. The first-order valence-corrected chi connectivity index (χ1v) is 15.6. The lowest BCUT2D eigenvalue weighted by molar-refractivity contribution is -0.274. The van der Waals surface area contributed by atoms with Crippen molar-refractivity contribution in [2.75, 3.05) is 0 Å². The number of para-hydroxylation sites is 1. The zero-order valence-electron chi connectivity index (χ0n) is 22.8. The Labute approximate surface area is 230 Å². The quantitative estimate of drug-likeness (QED) is 0.185. The molecule has 0 unspecified atom stereocenters. The van der Waals surface area contributed by atoms with E-state index in [-0.39, 0.29) is 22.5 Å². The second-order valence-corrected chi connectivity index (χ2v) is 15.7. The summed E-state index contributed by atoms with van der Waals surface area (Å²) in [6.45, 7) is 11.6. The normalized spacial score (nSPS) is 12.6. The van der Waals surface area contributed by atoms with E-state index in [2.05, 4.69) is 48.7 Å². The lowest BCUT2D eigenvalue weighted by Crippen LogP contribution is -2.43. The number of alkyl halides is 3. The molecule has 2 heterocycles. The standard InChI is InChI=1S/C29H29F3N4O3Si/c1-28(2,3)40(4,5)39-22-14-10-19(11-15-22)18-36-24-9-7-6-8-23(24)25(34-36)27-33-26(35-38-27)20-12-16-21(17-13-20)37-29(30,31)32/h6-17H,18H2,1-5H3. The Kier molecular flexibility index (Phi) is 6.95. The van der Waals surface area contributed by atoms with E-state index in [9.17, 15) is 13.2 Å². The van der Waals surface area contributed by atoms with Crippen LogP contribution in [0.15, 0.2) is 77.3 Å². The number of aromatic nitrogens is 4. The molecule has 7 nitrogen and oxygen atoms in total. The average molecular weight is 567 g/mol. The molecule has 0 bridgehead atoms. The fourth-order valence-electron chi connectivity index (χ4n) is 3.93. The van der Waals surface area contributed by atoms with E-state index < -0.39 is 14.7 Å². The monoisotopic (exact) mass is 566 g/mol. The molecule has 2 aromatic heterocycles. The van der Waals surface area contributed by atoms with Crippen LogP contribution in [0.3, 0.4) is 0 Å². The minimum absolute atomic E-state index is 0.107. The van der Waals surface area contributed by atoms with Crippen LogP contribution < -0.4 is 9.16 Å². The molecular weight excluding hydrogens is 537 g/mol. The van der Waals surface area contributed by atoms with Gasteiger partial charge in [-0.05, 0) is 66.2 Å². The number of halogens is 3. The van der Waals surface area contributed by atoms with Crippen LogP contribution in [0.4, 0.5) is 13.2 Å². The van der Waals surface area contributed by atoms with Gasteiger partial charge in [0.05, 0.1) is 12.1 Å². The number of hydrogen-bond donors (Lipinski definition) is 0. The number of benzene rings is 3. The summed E-state index contributed by atoms with van der Waals surface area (Å²) < 4.78 is 55.1. The van der Waals surface area contributed by atoms with Gasteiger partial charge in [0.25, 0.3) is 5.89 Å². The molecule has 208 valence electrons. The molecule has 0 radical (unpaired) electrons. The largest absolute Gasteiger partial charge is 0.573 e. The average Bonchev–Trinajstić information content (AvgIpc) is 3.49. The highest BCUT2D eigenvalue weighted by atomic mass is 28.4. The van der Waals surface area contributed by atoms with Crippen molar-refractivity contribution in [3.05, 3.63) is 78.4 Å². The van der Waals surface area contributed by atoms with Gasteiger partial charge >= 0.3 is 6.36 Å². The van der Waals surface area contributed by atoms with Crippen molar-refractivity contribution < 1.29 is 26.9 Å². The third kappa shape index (κ3) is 5.89. The molecule has 0 aliphatic heterocycles. The summed E-state index contributed by atoms with van der Waals surface area (Å²) in [5, 5.41) is 9.74. The van der Waals surface area contributed by atoms with Gasteiger partial charge in [-0.1, -0.05) is 56.3 Å². The first-order valence-electron chi connectivity index (χ1n) is 12.7. The lowest BCUT2D eigenvalue weighted by atomic mass is 10.2. The van der Waals surface area contributed by atoms with Gasteiger partial charge in [-0.25, -0.2) is 0 Å². The van der Waals surface area contributed by atoms with E-state index in [0.29, 0.717) is 17.8 Å². The summed E-state index contributed by atoms with van der Waals surface area (Å²) in [4.78, 5) is 4.46. The van der Waals surface area contributed by atoms with Crippen molar-refractivity contribution in [2.45, 2.75) is 51.8 Å². The van der Waals surface area contributed by atoms with Crippen LogP contribution in [0.1, 0.15) is 26.3 Å². The number of hydrogen-bond acceptors (Lipinski definition) is 6. The van der Waals surface area contributed by atoms with Gasteiger partial charge in [-0.3, -0.25) is 4.68 Å². The SMILES string of the molecule is CC(C)(C)[Si](C)(C)Oc1ccc(Cn2nc(-c3nc(-c4ccc(OC(F)(F)F)cc4)no3)c3ccccc32)cc1. The van der Waals surface area contributed by atoms with E-state index in [4.69, 9.17) is 14.0 Å². The molecule has 0 saturated carbocycles. The van der Waals surface area contributed by atoms with Gasteiger partial charge in [0.1, 0.15) is 11.5 Å². The maximum Gasteiger partial charge on any atom is 0.573 e. The summed E-state index contributed by atoms with van der Waals surface area (Å²) in [7, 11) is -1.93. The zero-order chi connectivity index (χ0) is 28.7. The highest BCUT2D eigenvalue weighted by molar-refractivity contribution is 6.74. The summed E-state index contributed by atoms with van der Waals surface area (Å²) in [5.41, 5.74) is 2.94. The number of rotatable bonds is 7. The molecule has 0 amide bonds. The maximum absolute atomic E-state index is 12.5. The first kappa shape index (κ1) is 27.4. The van der Waals surface area contributed by atoms with E-state index >= 15 is 0 Å². The molecule has 0 N–H and O–H groups in total. The summed E-state index contributed by atoms with van der Waals surface area (Å²) >= 11 is 0. The number of nitrogens with zero attached hydrogens (tertiary/aromatic N) is 4. The molecule has 5 rings (SSSR count). The smallest absolute Gasteiger partial charge is 0.544 e.